The maximum atomic E-state index is 13.8. The van der Waals surface area contributed by atoms with E-state index in [1.165, 1.54) is 11.0 Å². The van der Waals surface area contributed by atoms with Crippen LogP contribution in [0.3, 0.4) is 0 Å². The second kappa shape index (κ2) is 11.1. The van der Waals surface area contributed by atoms with Crippen LogP contribution in [0.25, 0.3) is 11.1 Å². The highest BCUT2D eigenvalue weighted by Gasteiger charge is 2.38. The van der Waals surface area contributed by atoms with Crippen LogP contribution in [0.1, 0.15) is 61.7 Å². The zero-order valence-electron chi connectivity index (χ0n) is 24.5. The number of anilines is 2. The number of urea groups is 1. The second-order valence-corrected chi connectivity index (χ2v) is 12.2. The third-order valence-corrected chi connectivity index (χ3v) is 9.40. The number of thiophene rings is 1. The van der Waals surface area contributed by atoms with Gasteiger partial charge in [-0.2, -0.15) is 0 Å². The van der Waals surface area contributed by atoms with E-state index in [-0.39, 0.29) is 11.5 Å². The molecule has 0 unspecified atom stereocenters. The van der Waals surface area contributed by atoms with E-state index in [0.29, 0.717) is 16.8 Å². The average molecular weight is 593 g/mol. The third-order valence-electron chi connectivity index (χ3n) is 8.12. The van der Waals surface area contributed by atoms with Crippen LogP contribution in [0, 0.1) is 27.7 Å². The Balaban J connectivity index is 1.41. The fourth-order valence-electron chi connectivity index (χ4n) is 5.87. The molecule has 1 aliphatic carbocycles. The number of nitrogens with zero attached hydrogens (tertiary/aromatic N) is 2. The van der Waals surface area contributed by atoms with Crippen molar-refractivity contribution in [3.63, 3.8) is 0 Å². The molecule has 6 rings (SSSR count). The summed E-state index contributed by atoms with van der Waals surface area (Å²) in [6.07, 6.45) is 5.42. The van der Waals surface area contributed by atoms with Gasteiger partial charge < -0.3 is 9.88 Å². The van der Waals surface area contributed by atoms with Gasteiger partial charge in [0.1, 0.15) is 10.6 Å². The molecule has 1 aliphatic heterocycles. The predicted octanol–water partition coefficient (Wildman–Crippen LogP) is 6.57. The molecule has 5 amide bonds. The molecule has 218 valence electrons. The Kier molecular flexibility index (Phi) is 7.35. The van der Waals surface area contributed by atoms with Crippen molar-refractivity contribution < 1.29 is 19.2 Å². The summed E-state index contributed by atoms with van der Waals surface area (Å²) >= 11 is 1.63. The molecular formula is C34H32N4O4S. The summed E-state index contributed by atoms with van der Waals surface area (Å²) in [5.74, 6) is -1.58. The normalized spacial score (nSPS) is 16.0. The van der Waals surface area contributed by atoms with Crippen molar-refractivity contribution in [3.05, 3.63) is 104 Å². The van der Waals surface area contributed by atoms with E-state index in [1.54, 1.807) is 36.5 Å². The van der Waals surface area contributed by atoms with Crippen molar-refractivity contribution in [3.8, 4) is 5.00 Å². The topological polar surface area (TPSA) is 101 Å². The molecular weight excluding hydrogens is 560 g/mol. The smallest absolute Gasteiger partial charge is 0.322 e. The van der Waals surface area contributed by atoms with Gasteiger partial charge >= 0.3 is 6.03 Å². The number of nitrogens with one attached hydrogen (secondary N) is 2. The van der Waals surface area contributed by atoms with Crippen LogP contribution in [0.4, 0.5) is 16.2 Å². The summed E-state index contributed by atoms with van der Waals surface area (Å²) in [7, 11) is 0. The average Bonchev–Trinajstić information content (AvgIpc) is 3.48. The Hall–Kier alpha value is -4.76. The molecule has 2 aromatic heterocycles. The number of barbiturate groups is 1. The summed E-state index contributed by atoms with van der Waals surface area (Å²) < 4.78 is 2.04. The maximum Gasteiger partial charge on any atom is 0.335 e. The van der Waals surface area contributed by atoms with Crippen molar-refractivity contribution >= 4 is 52.5 Å². The van der Waals surface area contributed by atoms with Crippen LogP contribution < -0.4 is 15.5 Å². The van der Waals surface area contributed by atoms with Gasteiger partial charge in [0, 0.05) is 22.0 Å². The van der Waals surface area contributed by atoms with Crippen molar-refractivity contribution in [1.29, 1.82) is 0 Å². The molecule has 0 bridgehead atoms. The number of carbonyl (C=O) groups excluding carboxylic acids is 4. The van der Waals surface area contributed by atoms with E-state index in [4.69, 9.17) is 0 Å². The lowest BCUT2D eigenvalue weighted by Crippen LogP contribution is -2.54. The standard InChI is InChI=1S/C34H32N4O4S/c1-19-13-15-24(16-14-19)35-31(40)29-25-10-6-8-12-28(25)43-33(29)37-21(3)17-23(22(37)4)18-26-30(39)36-34(42)38(32(26)41)27-11-7-5-9-20(27)2/h5,7,9,11,13-18H,6,8,10,12H2,1-4H3,(H,35,40)(H,36,39,42)/b26-18+. The number of carbonyl (C=O) groups is 4. The lowest BCUT2D eigenvalue weighted by atomic mass is 9.95. The molecule has 2 N–H and O–H groups in total. The highest BCUT2D eigenvalue weighted by molar-refractivity contribution is 7.15. The summed E-state index contributed by atoms with van der Waals surface area (Å²) in [4.78, 5) is 55.3. The van der Waals surface area contributed by atoms with Crippen LogP contribution in [-0.2, 0) is 22.4 Å². The molecule has 0 saturated carbocycles. The summed E-state index contributed by atoms with van der Waals surface area (Å²) in [5, 5.41) is 6.23. The van der Waals surface area contributed by atoms with Crippen molar-refractivity contribution in [1.82, 2.24) is 9.88 Å². The minimum atomic E-state index is -0.777. The predicted molar refractivity (Wildman–Crippen MR) is 169 cm³/mol. The van der Waals surface area contributed by atoms with Crippen LogP contribution in [0.15, 0.2) is 60.2 Å². The van der Waals surface area contributed by atoms with Gasteiger partial charge in [0.05, 0.1) is 11.3 Å². The number of aromatic nitrogens is 1. The Morgan fingerprint density at radius 3 is 2.42 bits per heavy atom. The lowest BCUT2D eigenvalue weighted by Gasteiger charge is -2.27. The van der Waals surface area contributed by atoms with Gasteiger partial charge in [0.2, 0.25) is 0 Å². The highest BCUT2D eigenvalue weighted by Crippen LogP contribution is 2.39. The molecule has 0 radical (unpaired) electrons. The van der Waals surface area contributed by atoms with Gasteiger partial charge in [-0.15, -0.1) is 11.3 Å². The Morgan fingerprint density at radius 1 is 0.953 bits per heavy atom. The van der Waals surface area contributed by atoms with E-state index >= 15 is 0 Å². The monoisotopic (exact) mass is 592 g/mol. The number of amides is 5. The van der Waals surface area contributed by atoms with Gasteiger partial charge in [0.15, 0.2) is 0 Å². The second-order valence-electron chi connectivity index (χ2n) is 11.1. The first-order valence-corrected chi connectivity index (χ1v) is 15.1. The van der Waals surface area contributed by atoms with Gasteiger partial charge in [-0.25, -0.2) is 9.69 Å². The number of aryl methyl sites for hydroxylation is 4. The Bertz CT molecular complexity index is 1840. The largest absolute Gasteiger partial charge is 0.335 e. The zero-order chi connectivity index (χ0) is 30.4. The minimum Gasteiger partial charge on any atom is -0.322 e. The van der Waals surface area contributed by atoms with Crippen LogP contribution in [0.5, 0.6) is 0 Å². The zero-order valence-corrected chi connectivity index (χ0v) is 25.4. The summed E-state index contributed by atoms with van der Waals surface area (Å²) in [6.45, 7) is 7.67. The SMILES string of the molecule is Cc1ccc(NC(=O)c2c(-n3c(C)cc(/C=C4\C(=O)NC(=O)N(c5ccccc5C)C4=O)c3C)sc3c2CCCC3)cc1. The molecule has 0 spiro atoms. The molecule has 4 aromatic rings. The molecule has 8 nitrogen and oxygen atoms in total. The molecule has 43 heavy (non-hydrogen) atoms. The first-order chi connectivity index (χ1) is 20.6. The fraction of sp³-hybridized carbons (Fsp3) is 0.235. The van der Waals surface area contributed by atoms with E-state index in [2.05, 4.69) is 10.6 Å². The quantitative estimate of drug-likeness (QED) is 0.202. The molecule has 1 fully saturated rings. The molecule has 0 atom stereocenters. The number of rotatable bonds is 5. The van der Waals surface area contributed by atoms with E-state index < -0.39 is 17.8 Å². The minimum absolute atomic E-state index is 0.133. The van der Waals surface area contributed by atoms with Crippen LogP contribution in [0.2, 0.25) is 0 Å². The van der Waals surface area contributed by atoms with Gasteiger partial charge in [-0.05, 0) is 100 Å². The highest BCUT2D eigenvalue weighted by atomic mass is 32.1. The summed E-state index contributed by atoms with van der Waals surface area (Å²) in [5.41, 5.74) is 6.94. The molecule has 2 aromatic carbocycles. The molecule has 9 heteroatoms. The van der Waals surface area contributed by atoms with Crippen LogP contribution >= 0.6 is 11.3 Å². The number of hydrogen-bond acceptors (Lipinski definition) is 5. The number of fused-ring (bicyclic) bond motifs is 1. The number of imide groups is 2. The first kappa shape index (κ1) is 28.4. The number of hydrogen-bond donors (Lipinski definition) is 2. The number of benzene rings is 2. The van der Waals surface area contributed by atoms with Gasteiger partial charge in [-0.1, -0.05) is 35.9 Å². The van der Waals surface area contributed by atoms with Gasteiger partial charge in [-0.3, -0.25) is 19.7 Å². The fourth-order valence-corrected chi connectivity index (χ4v) is 7.36. The van der Waals surface area contributed by atoms with Crippen molar-refractivity contribution in [2.75, 3.05) is 10.2 Å². The van der Waals surface area contributed by atoms with E-state index in [1.807, 2.05) is 61.7 Å². The molecule has 3 heterocycles. The third kappa shape index (κ3) is 5.10. The number of para-hydroxylation sites is 1. The molecule has 1 saturated heterocycles. The Morgan fingerprint density at radius 2 is 1.67 bits per heavy atom. The molecule has 2 aliphatic rings. The van der Waals surface area contributed by atoms with E-state index in [9.17, 15) is 19.2 Å². The van der Waals surface area contributed by atoms with E-state index in [0.717, 1.165) is 69.3 Å². The van der Waals surface area contributed by atoms with Crippen molar-refractivity contribution in [2.24, 2.45) is 0 Å². The van der Waals surface area contributed by atoms with Gasteiger partial charge in [0.25, 0.3) is 17.7 Å². The Labute approximate surface area is 254 Å². The van der Waals surface area contributed by atoms with Crippen molar-refractivity contribution in [2.45, 2.75) is 53.4 Å². The first-order valence-electron chi connectivity index (χ1n) is 14.3. The van der Waals surface area contributed by atoms with Crippen LogP contribution in [-0.4, -0.2) is 28.3 Å². The lowest BCUT2D eigenvalue weighted by molar-refractivity contribution is -0.122. The summed E-state index contributed by atoms with van der Waals surface area (Å²) in [6, 6.07) is 15.9. The maximum absolute atomic E-state index is 13.8.